The molecule has 0 aliphatic rings. The van der Waals surface area contributed by atoms with E-state index < -0.39 is 23.8 Å². The number of hydrogen-bond donors (Lipinski definition) is 3. The molecule has 6 heteroatoms. The first-order valence-electron chi connectivity index (χ1n) is 10.3. The smallest absolute Gasteiger partial charge is 0.408 e. The molecule has 3 N–H and O–H groups in total. The second-order valence-corrected chi connectivity index (χ2v) is 8.45. The number of ether oxygens (including phenoxy) is 1. The van der Waals surface area contributed by atoms with Gasteiger partial charge in [-0.15, -0.1) is 0 Å². The average Bonchev–Trinajstić information content (AvgIpc) is 2.70. The van der Waals surface area contributed by atoms with Gasteiger partial charge < -0.3 is 20.3 Å². The number of nitrogens with one attached hydrogen (secondary N) is 1. The number of aliphatic hydroxyl groups is 1. The minimum Gasteiger partial charge on any atom is -0.497 e. The zero-order valence-electron chi connectivity index (χ0n) is 18.3. The molecule has 0 unspecified atom stereocenters. The van der Waals surface area contributed by atoms with Gasteiger partial charge in [0.2, 0.25) is 0 Å². The van der Waals surface area contributed by atoms with Crippen molar-refractivity contribution in [3.63, 3.8) is 0 Å². The van der Waals surface area contributed by atoms with Crippen LogP contribution in [0, 0.1) is 0 Å². The molecular formula is C24H34N2O4. The van der Waals surface area contributed by atoms with E-state index in [0.29, 0.717) is 19.5 Å². The summed E-state index contributed by atoms with van der Waals surface area (Å²) in [7, 11) is 1.64. The van der Waals surface area contributed by atoms with Crippen LogP contribution in [0.4, 0.5) is 4.79 Å². The summed E-state index contributed by atoms with van der Waals surface area (Å²) in [5.41, 5.74) is 1.53. The quantitative estimate of drug-likeness (QED) is 0.518. The average molecular weight is 415 g/mol. The highest BCUT2D eigenvalue weighted by Gasteiger charge is 2.37. The standard InChI is InChI=1S/C24H34N2O4/c1-24(2,3)26(23(28)29)21(16-19-8-6-5-7-9-19)22(27)17-25-15-14-18-10-12-20(30-4)13-11-18/h5-13,21-22,25,27H,14-17H2,1-4H3,(H,28,29)/t21-,22+/m0/s1. The van der Waals surface area contributed by atoms with Gasteiger partial charge in [0.15, 0.2) is 0 Å². The maximum Gasteiger partial charge on any atom is 0.408 e. The van der Waals surface area contributed by atoms with E-state index in [1.54, 1.807) is 7.11 Å². The number of carboxylic acid groups (broad SMARTS) is 1. The van der Waals surface area contributed by atoms with Crippen LogP contribution in [-0.2, 0) is 12.8 Å². The topological polar surface area (TPSA) is 82.0 Å². The Balaban J connectivity index is 2.02. The Labute approximate surface area is 179 Å². The lowest BCUT2D eigenvalue weighted by Crippen LogP contribution is -2.58. The lowest BCUT2D eigenvalue weighted by Gasteiger charge is -2.42. The van der Waals surface area contributed by atoms with Crippen molar-refractivity contribution in [2.75, 3.05) is 20.2 Å². The number of amides is 1. The van der Waals surface area contributed by atoms with E-state index in [2.05, 4.69) is 5.32 Å². The monoisotopic (exact) mass is 414 g/mol. The summed E-state index contributed by atoms with van der Waals surface area (Å²) < 4.78 is 5.17. The fourth-order valence-electron chi connectivity index (χ4n) is 3.59. The number of rotatable bonds is 10. The molecule has 2 aromatic rings. The van der Waals surface area contributed by atoms with Gasteiger partial charge in [0.25, 0.3) is 0 Å². The third-order valence-electron chi connectivity index (χ3n) is 5.10. The molecule has 6 nitrogen and oxygen atoms in total. The molecule has 0 saturated carbocycles. The first-order valence-corrected chi connectivity index (χ1v) is 10.3. The Bertz CT molecular complexity index is 772. The van der Waals surface area contributed by atoms with Gasteiger partial charge in [-0.1, -0.05) is 42.5 Å². The molecule has 0 aliphatic carbocycles. The Morgan fingerprint density at radius 2 is 1.70 bits per heavy atom. The highest BCUT2D eigenvalue weighted by molar-refractivity contribution is 5.66. The van der Waals surface area contributed by atoms with Gasteiger partial charge in [-0.05, 0) is 63.4 Å². The number of methoxy groups -OCH3 is 1. The van der Waals surface area contributed by atoms with E-state index in [-0.39, 0.29) is 0 Å². The molecule has 1 amide bonds. The van der Waals surface area contributed by atoms with Crippen LogP contribution in [-0.4, -0.2) is 59.1 Å². The lowest BCUT2D eigenvalue weighted by molar-refractivity contribution is 0.00792. The third kappa shape index (κ3) is 7.04. The van der Waals surface area contributed by atoms with Crippen LogP contribution in [0.25, 0.3) is 0 Å². The van der Waals surface area contributed by atoms with Gasteiger partial charge in [0.1, 0.15) is 5.75 Å². The molecule has 0 heterocycles. The van der Waals surface area contributed by atoms with Gasteiger partial charge in [-0.2, -0.15) is 0 Å². The lowest BCUT2D eigenvalue weighted by atomic mass is 9.94. The van der Waals surface area contributed by atoms with E-state index in [9.17, 15) is 15.0 Å². The molecule has 0 spiro atoms. The van der Waals surface area contributed by atoms with Crippen molar-refractivity contribution in [3.05, 3.63) is 65.7 Å². The van der Waals surface area contributed by atoms with E-state index in [4.69, 9.17) is 4.74 Å². The summed E-state index contributed by atoms with van der Waals surface area (Å²) in [6.07, 6.45) is -0.606. The predicted octanol–water partition coefficient (Wildman–Crippen LogP) is 3.58. The highest BCUT2D eigenvalue weighted by atomic mass is 16.5. The Morgan fingerprint density at radius 1 is 1.07 bits per heavy atom. The number of benzene rings is 2. The third-order valence-corrected chi connectivity index (χ3v) is 5.10. The molecule has 0 fully saturated rings. The number of nitrogens with zero attached hydrogens (tertiary/aromatic N) is 1. The van der Waals surface area contributed by atoms with Gasteiger partial charge in [0, 0.05) is 12.1 Å². The second kappa shape index (κ2) is 11.0. The van der Waals surface area contributed by atoms with Crippen LogP contribution in [0.1, 0.15) is 31.9 Å². The SMILES string of the molecule is COc1ccc(CCNC[C@@H](O)[C@H](Cc2ccccc2)N(C(=O)O)C(C)(C)C)cc1. The van der Waals surface area contributed by atoms with Crippen molar-refractivity contribution >= 4 is 6.09 Å². The molecular weight excluding hydrogens is 380 g/mol. The van der Waals surface area contributed by atoms with Crippen LogP contribution in [0.3, 0.4) is 0 Å². The zero-order chi connectivity index (χ0) is 22.1. The zero-order valence-corrected chi connectivity index (χ0v) is 18.3. The molecule has 30 heavy (non-hydrogen) atoms. The van der Waals surface area contributed by atoms with Crippen LogP contribution in [0.2, 0.25) is 0 Å². The minimum atomic E-state index is -1.03. The Morgan fingerprint density at radius 3 is 2.23 bits per heavy atom. The summed E-state index contributed by atoms with van der Waals surface area (Å²) in [4.78, 5) is 13.4. The maximum absolute atomic E-state index is 12.0. The molecule has 164 valence electrons. The number of hydrogen-bond acceptors (Lipinski definition) is 4. The molecule has 0 saturated heterocycles. The fraction of sp³-hybridized carbons (Fsp3) is 0.458. The summed E-state index contributed by atoms with van der Waals surface area (Å²) in [5, 5.41) is 24.1. The van der Waals surface area contributed by atoms with Gasteiger partial charge >= 0.3 is 6.09 Å². The fourth-order valence-corrected chi connectivity index (χ4v) is 3.59. The Hall–Kier alpha value is -2.57. The summed E-state index contributed by atoms with van der Waals surface area (Å²) in [6, 6.07) is 17.0. The maximum atomic E-state index is 12.0. The summed E-state index contributed by atoms with van der Waals surface area (Å²) in [6.45, 7) is 6.55. The van der Waals surface area contributed by atoms with Gasteiger partial charge in [-0.25, -0.2) is 4.79 Å². The van der Waals surface area contributed by atoms with Gasteiger partial charge in [0.05, 0.1) is 19.3 Å². The number of carbonyl (C=O) groups is 1. The van der Waals surface area contributed by atoms with Crippen molar-refractivity contribution in [3.8, 4) is 5.75 Å². The molecule has 2 aromatic carbocycles. The van der Waals surface area contributed by atoms with Crippen LogP contribution >= 0.6 is 0 Å². The summed E-state index contributed by atoms with van der Waals surface area (Å²) in [5.74, 6) is 0.821. The van der Waals surface area contributed by atoms with Crippen molar-refractivity contribution in [2.24, 2.45) is 0 Å². The normalized spacial score (nSPS) is 13.5. The van der Waals surface area contributed by atoms with E-state index in [1.807, 2.05) is 75.4 Å². The minimum absolute atomic E-state index is 0.313. The molecule has 0 aromatic heterocycles. The van der Waals surface area contributed by atoms with E-state index in [1.165, 1.54) is 10.5 Å². The van der Waals surface area contributed by atoms with Crippen molar-refractivity contribution < 1.29 is 19.7 Å². The first-order chi connectivity index (χ1) is 14.2. The van der Waals surface area contributed by atoms with Crippen LogP contribution in [0.15, 0.2) is 54.6 Å². The molecule has 0 radical (unpaired) electrons. The molecule has 2 atom stereocenters. The van der Waals surface area contributed by atoms with Crippen molar-refractivity contribution in [1.82, 2.24) is 10.2 Å². The molecule has 0 aliphatic heterocycles. The molecule has 2 rings (SSSR count). The molecule has 0 bridgehead atoms. The number of aliphatic hydroxyl groups excluding tert-OH is 1. The second-order valence-electron chi connectivity index (χ2n) is 8.45. The predicted molar refractivity (Wildman–Crippen MR) is 119 cm³/mol. The first kappa shape index (κ1) is 23.7. The summed E-state index contributed by atoms with van der Waals surface area (Å²) >= 11 is 0. The van der Waals surface area contributed by atoms with E-state index >= 15 is 0 Å². The largest absolute Gasteiger partial charge is 0.497 e. The van der Waals surface area contributed by atoms with Crippen molar-refractivity contribution in [2.45, 2.75) is 51.3 Å². The van der Waals surface area contributed by atoms with Gasteiger partial charge in [-0.3, -0.25) is 4.90 Å². The van der Waals surface area contributed by atoms with E-state index in [0.717, 1.165) is 17.7 Å². The van der Waals surface area contributed by atoms with Crippen LogP contribution in [0.5, 0.6) is 5.75 Å². The van der Waals surface area contributed by atoms with Crippen molar-refractivity contribution in [1.29, 1.82) is 0 Å². The Kier molecular flexibility index (Phi) is 8.69. The highest BCUT2D eigenvalue weighted by Crippen LogP contribution is 2.22. The van der Waals surface area contributed by atoms with Crippen LogP contribution < -0.4 is 10.1 Å².